The maximum atomic E-state index is 11.7. The van der Waals surface area contributed by atoms with E-state index in [1.807, 2.05) is 46.0 Å². The van der Waals surface area contributed by atoms with Gasteiger partial charge in [-0.3, -0.25) is 9.78 Å². The number of allylic oxidation sites excluding steroid dienone is 2. The van der Waals surface area contributed by atoms with Crippen LogP contribution in [0.3, 0.4) is 0 Å². The minimum absolute atomic E-state index is 0. The molecule has 0 amide bonds. The van der Waals surface area contributed by atoms with Gasteiger partial charge in [-0.1, -0.05) is 128 Å². The van der Waals surface area contributed by atoms with Crippen LogP contribution in [0.1, 0.15) is 105 Å². The number of pyridine rings is 2. The second kappa shape index (κ2) is 15.0. The molecule has 1 aliphatic rings. The van der Waals surface area contributed by atoms with Gasteiger partial charge in [0.15, 0.2) is 5.78 Å². The van der Waals surface area contributed by atoms with Crippen LogP contribution in [0, 0.1) is 17.9 Å². The Hall–Kier alpha value is -3.92. The van der Waals surface area contributed by atoms with E-state index in [0.29, 0.717) is 0 Å². The van der Waals surface area contributed by atoms with Crippen LogP contribution in [0.5, 0.6) is 0 Å². The fourth-order valence-corrected chi connectivity index (χ4v) is 7.64. The van der Waals surface area contributed by atoms with Crippen LogP contribution >= 0.6 is 0 Å². The smallest absolute Gasteiger partial charge is 0.162 e. The summed E-state index contributed by atoms with van der Waals surface area (Å²) < 4.78 is 0. The molecule has 1 radical (unpaired) electrons. The first-order valence-electron chi connectivity index (χ1n) is 18.4. The van der Waals surface area contributed by atoms with Gasteiger partial charge in [0.05, 0.1) is 5.76 Å². The van der Waals surface area contributed by atoms with E-state index in [4.69, 9.17) is 9.97 Å². The Balaban J connectivity index is 0.000000271. The van der Waals surface area contributed by atoms with Crippen LogP contribution in [0.4, 0.5) is 0 Å². The molecular formula is C46H51IrN2O2-. The Morgan fingerprint density at radius 3 is 2.18 bits per heavy atom. The molecule has 2 aromatic heterocycles. The maximum Gasteiger partial charge on any atom is 0.162 e. The number of aliphatic hydroxyl groups is 1. The Morgan fingerprint density at radius 2 is 1.51 bits per heavy atom. The van der Waals surface area contributed by atoms with Crippen molar-refractivity contribution in [2.45, 2.75) is 98.8 Å². The van der Waals surface area contributed by atoms with E-state index in [-0.39, 0.29) is 54.3 Å². The van der Waals surface area contributed by atoms with Gasteiger partial charge < -0.3 is 10.1 Å². The number of carbonyl (C=O) groups excluding carboxylic acids is 1. The van der Waals surface area contributed by atoms with Crippen molar-refractivity contribution in [3.63, 3.8) is 0 Å². The molecule has 0 aliphatic heterocycles. The molecule has 4 aromatic carbocycles. The number of fused-ring (bicyclic) bond motifs is 7. The first-order chi connectivity index (χ1) is 23.8. The van der Waals surface area contributed by atoms with Crippen molar-refractivity contribution in [1.82, 2.24) is 9.97 Å². The topological polar surface area (TPSA) is 63.1 Å². The van der Waals surface area contributed by atoms with E-state index in [2.05, 4.69) is 95.3 Å². The van der Waals surface area contributed by atoms with Crippen molar-refractivity contribution in [1.29, 1.82) is 0 Å². The van der Waals surface area contributed by atoms with Gasteiger partial charge in [0.1, 0.15) is 0 Å². The van der Waals surface area contributed by atoms with Gasteiger partial charge in [-0.25, -0.2) is 0 Å². The zero-order valence-corrected chi connectivity index (χ0v) is 34.0. The predicted octanol–water partition coefficient (Wildman–Crippen LogP) is 12.4. The summed E-state index contributed by atoms with van der Waals surface area (Å²) in [7, 11) is 0. The minimum Gasteiger partial charge on any atom is -0.512 e. The van der Waals surface area contributed by atoms with Crippen molar-refractivity contribution in [3.8, 4) is 11.3 Å². The van der Waals surface area contributed by atoms with Crippen molar-refractivity contribution >= 4 is 49.0 Å². The number of benzene rings is 4. The third-order valence-electron chi connectivity index (χ3n) is 10.9. The first-order valence-corrected chi connectivity index (χ1v) is 18.4. The first kappa shape index (κ1) is 38.3. The summed E-state index contributed by atoms with van der Waals surface area (Å²) in [4.78, 5) is 21.8. The van der Waals surface area contributed by atoms with Gasteiger partial charge >= 0.3 is 0 Å². The summed E-state index contributed by atoms with van der Waals surface area (Å²) >= 11 is 0. The number of rotatable bonds is 7. The molecule has 0 saturated carbocycles. The van der Waals surface area contributed by atoms with Crippen molar-refractivity contribution in [3.05, 3.63) is 108 Å². The summed E-state index contributed by atoms with van der Waals surface area (Å²) in [6, 6.07) is 28.0. The molecule has 2 heterocycles. The zero-order valence-electron chi connectivity index (χ0n) is 31.6. The number of ketones is 1. The van der Waals surface area contributed by atoms with E-state index < -0.39 is 0 Å². The number of aliphatic hydroxyl groups excluding tert-OH is 1. The SMILES string of the molecule is CC(C)(C)c1ccc2ccc3c4ccnc5c4c(cc3c2c1)C(C)(C)c1nc2ccccc2[c-]c1-5.CCC(CC)C(=O)/C=C(\O)C(CC)CC.[Ir]. The molecule has 1 N–H and O–H groups in total. The van der Waals surface area contributed by atoms with E-state index in [1.165, 1.54) is 49.5 Å². The normalized spacial score (nSPS) is 13.7. The fraction of sp³-hybridized carbons (Fsp3) is 0.370. The summed E-state index contributed by atoms with van der Waals surface area (Å²) in [6.45, 7) is 19.5. The van der Waals surface area contributed by atoms with Gasteiger partial charge in [-0.05, 0) is 91.8 Å². The number of carbonyl (C=O) groups is 1. The molecule has 6 aromatic rings. The van der Waals surface area contributed by atoms with Crippen molar-refractivity contribution < 1.29 is 30.0 Å². The summed E-state index contributed by atoms with van der Waals surface area (Å²) in [5.41, 5.74) is 6.53. The quantitative estimate of drug-likeness (QED) is 0.0752. The van der Waals surface area contributed by atoms with Crippen LogP contribution in [-0.4, -0.2) is 20.9 Å². The predicted molar refractivity (Wildman–Crippen MR) is 211 cm³/mol. The van der Waals surface area contributed by atoms with Gasteiger partial charge in [0.2, 0.25) is 0 Å². The van der Waals surface area contributed by atoms with Crippen LogP contribution in [-0.2, 0) is 35.7 Å². The maximum absolute atomic E-state index is 11.7. The van der Waals surface area contributed by atoms with Crippen molar-refractivity contribution in [2.75, 3.05) is 0 Å². The molecular weight excluding hydrogens is 805 g/mol. The molecule has 4 nitrogen and oxygen atoms in total. The monoisotopic (exact) mass is 856 g/mol. The summed E-state index contributed by atoms with van der Waals surface area (Å²) in [5.74, 6) is 0.547. The molecule has 0 unspecified atom stereocenters. The Morgan fingerprint density at radius 1 is 0.843 bits per heavy atom. The van der Waals surface area contributed by atoms with E-state index in [1.54, 1.807) is 0 Å². The number of hydrogen-bond acceptors (Lipinski definition) is 4. The Kier molecular flexibility index (Phi) is 11.2. The fourth-order valence-electron chi connectivity index (χ4n) is 7.64. The van der Waals surface area contributed by atoms with Crippen LogP contribution in [0.15, 0.2) is 84.8 Å². The van der Waals surface area contributed by atoms with E-state index in [9.17, 15) is 9.90 Å². The largest absolute Gasteiger partial charge is 0.512 e. The number of para-hydroxylation sites is 1. The summed E-state index contributed by atoms with van der Waals surface area (Å²) in [6.07, 6.45) is 6.85. The molecule has 0 fully saturated rings. The minimum atomic E-state index is -0.276. The molecule has 5 heteroatoms. The summed E-state index contributed by atoms with van der Waals surface area (Å²) in [5, 5.41) is 18.4. The van der Waals surface area contributed by atoms with Crippen LogP contribution < -0.4 is 0 Å². The molecule has 7 rings (SSSR count). The van der Waals surface area contributed by atoms with Gasteiger partial charge in [0.25, 0.3) is 0 Å². The van der Waals surface area contributed by atoms with Crippen molar-refractivity contribution in [2.24, 2.45) is 11.8 Å². The molecule has 0 atom stereocenters. The van der Waals surface area contributed by atoms with E-state index >= 15 is 0 Å². The average molecular weight is 856 g/mol. The third kappa shape index (κ3) is 7.00. The average Bonchev–Trinajstić information content (AvgIpc) is 3.10. The van der Waals surface area contributed by atoms with E-state index in [0.717, 1.165) is 53.5 Å². The second-order valence-corrected chi connectivity index (χ2v) is 15.5. The van der Waals surface area contributed by atoms with Crippen LogP contribution in [0.2, 0.25) is 0 Å². The number of hydrogen-bond donors (Lipinski definition) is 1. The van der Waals surface area contributed by atoms with Gasteiger partial charge in [-0.2, -0.15) is 0 Å². The third-order valence-corrected chi connectivity index (χ3v) is 10.9. The number of aromatic nitrogens is 2. The Bertz CT molecular complexity index is 2270. The Labute approximate surface area is 317 Å². The molecule has 51 heavy (non-hydrogen) atoms. The molecule has 1 aliphatic carbocycles. The number of nitrogens with zero attached hydrogens (tertiary/aromatic N) is 2. The molecule has 0 spiro atoms. The van der Waals surface area contributed by atoms with Crippen LogP contribution in [0.25, 0.3) is 54.5 Å². The van der Waals surface area contributed by atoms with Gasteiger partial charge in [0, 0.05) is 55.3 Å². The standard InChI is InChI=1S/C33H27N2.C13H24O2.Ir/c1-32(2,3)21-12-10-19-11-13-22-23-14-15-34-30-26-16-20-8-6-7-9-28(20)35-31(26)33(4,5)27(29(23)30)18-25(22)24(19)17-21;1-5-10(6-2)12(14)9-13(15)11(7-3)8-4;/h6-15,17-18H,1-5H3;9-11,14H,5-8H2,1-4H3;/q-1;;/b;12-9-;. The molecule has 0 bridgehead atoms. The second-order valence-electron chi connectivity index (χ2n) is 15.5. The molecule has 0 saturated heterocycles. The zero-order chi connectivity index (χ0) is 36.0. The van der Waals surface area contributed by atoms with Gasteiger partial charge in [-0.15, -0.1) is 12.1 Å². The molecule has 267 valence electrons.